The van der Waals surface area contributed by atoms with Gasteiger partial charge in [-0.1, -0.05) is 0 Å². The van der Waals surface area contributed by atoms with Gasteiger partial charge in [-0.3, -0.25) is 14.6 Å². The molecule has 5 rings (SSSR count). The van der Waals surface area contributed by atoms with E-state index in [4.69, 9.17) is 14.2 Å². The maximum absolute atomic E-state index is 13.2. The van der Waals surface area contributed by atoms with Gasteiger partial charge < -0.3 is 39.4 Å². The molecule has 44 heavy (non-hydrogen) atoms. The van der Waals surface area contributed by atoms with Gasteiger partial charge >= 0.3 is 5.97 Å². The van der Waals surface area contributed by atoms with Crippen LogP contribution < -0.4 is 20.1 Å². The summed E-state index contributed by atoms with van der Waals surface area (Å²) in [7, 11) is 4.57. The summed E-state index contributed by atoms with van der Waals surface area (Å²) >= 11 is 0. The van der Waals surface area contributed by atoms with E-state index in [0.29, 0.717) is 64.8 Å². The first-order chi connectivity index (χ1) is 21.3. The van der Waals surface area contributed by atoms with Gasteiger partial charge in [0.1, 0.15) is 11.9 Å². The molecule has 3 aromatic rings. The number of hydrogen-bond acceptors (Lipinski definition) is 9. The number of hydrogen-bond donors (Lipinski definition) is 3. The van der Waals surface area contributed by atoms with Crippen LogP contribution in [0.25, 0.3) is 0 Å². The third-order valence-electron chi connectivity index (χ3n) is 7.72. The van der Waals surface area contributed by atoms with Crippen molar-refractivity contribution in [1.29, 1.82) is 0 Å². The average molecular weight is 604 g/mol. The number of aliphatic imine (C=N–C) groups is 1. The molecule has 12 nitrogen and oxygen atoms in total. The van der Waals surface area contributed by atoms with Gasteiger partial charge in [-0.2, -0.15) is 0 Å². The number of methoxy groups -OCH3 is 2. The summed E-state index contributed by atoms with van der Waals surface area (Å²) in [6.45, 7) is 1.02. The molecule has 1 saturated heterocycles. The highest BCUT2D eigenvalue weighted by Gasteiger charge is 2.31. The molecular formula is C32H37N5O7. The lowest BCUT2D eigenvalue weighted by Gasteiger charge is -2.32. The molecule has 232 valence electrons. The SMILES string of the molecule is COC(=O)c1ccc(NC(=O)c2cc(NC(O)CCCOc3cc4c(cc3OC)C(=O)N3CCCC[C@H]3C=N4)cn2C)cc1. The standard InChI is InChI=1S/C32H37N5O7/c1-36-19-22(15-26(36)30(39)35-21-11-9-20(10-12-21)32(41)43-3)34-29(38)8-6-14-44-28-17-25-24(16-27(28)42-2)31(40)37-13-5-4-7-23(37)18-33-25/h9-12,15-19,23,29,34,38H,4-8,13-14H2,1-3H3,(H,35,39)/t23-,29?/m0/s1. The van der Waals surface area contributed by atoms with Crippen LogP contribution in [0.5, 0.6) is 11.5 Å². The minimum Gasteiger partial charge on any atom is -0.493 e. The van der Waals surface area contributed by atoms with Gasteiger partial charge in [0.05, 0.1) is 49.4 Å². The van der Waals surface area contributed by atoms with Crippen LogP contribution in [-0.4, -0.2) is 78.2 Å². The van der Waals surface area contributed by atoms with E-state index in [-0.39, 0.29) is 17.9 Å². The zero-order valence-corrected chi connectivity index (χ0v) is 25.0. The van der Waals surface area contributed by atoms with Crippen LogP contribution >= 0.6 is 0 Å². The first-order valence-corrected chi connectivity index (χ1v) is 14.6. The number of nitrogens with one attached hydrogen (secondary N) is 2. The highest BCUT2D eigenvalue weighted by molar-refractivity contribution is 6.04. The van der Waals surface area contributed by atoms with Crippen molar-refractivity contribution in [2.24, 2.45) is 12.0 Å². The normalized spacial score (nSPS) is 16.3. The number of nitrogens with zero attached hydrogens (tertiary/aromatic N) is 3. The number of fused-ring (bicyclic) bond motifs is 2. The van der Waals surface area contributed by atoms with Crippen molar-refractivity contribution in [3.8, 4) is 11.5 Å². The fraction of sp³-hybridized carbons (Fsp3) is 0.375. The molecule has 2 atom stereocenters. The first kappa shape index (κ1) is 30.6. The Bertz CT molecular complexity index is 1550. The Morgan fingerprint density at radius 3 is 2.64 bits per heavy atom. The summed E-state index contributed by atoms with van der Waals surface area (Å²) in [6.07, 6.45) is 6.56. The Kier molecular flexibility index (Phi) is 9.49. The van der Waals surface area contributed by atoms with E-state index in [1.54, 1.807) is 60.3 Å². The lowest BCUT2D eigenvalue weighted by molar-refractivity contribution is 0.0600. The number of ether oxygens (including phenoxy) is 3. The molecule has 3 heterocycles. The minimum atomic E-state index is -0.878. The fourth-order valence-electron chi connectivity index (χ4n) is 5.38. The number of amides is 2. The molecule has 0 bridgehead atoms. The maximum Gasteiger partial charge on any atom is 0.337 e. The van der Waals surface area contributed by atoms with Crippen molar-refractivity contribution in [3.63, 3.8) is 0 Å². The van der Waals surface area contributed by atoms with Gasteiger partial charge in [-0.25, -0.2) is 4.79 Å². The summed E-state index contributed by atoms with van der Waals surface area (Å²) in [6, 6.07) is 11.5. The number of benzene rings is 2. The van der Waals surface area contributed by atoms with Crippen LogP contribution in [0, 0.1) is 0 Å². The van der Waals surface area contributed by atoms with Crippen LogP contribution in [0.15, 0.2) is 53.7 Å². The third kappa shape index (κ3) is 6.86. The predicted molar refractivity (Wildman–Crippen MR) is 165 cm³/mol. The van der Waals surface area contributed by atoms with Crippen molar-refractivity contribution >= 4 is 41.1 Å². The first-order valence-electron chi connectivity index (χ1n) is 14.6. The molecule has 0 spiro atoms. The monoisotopic (exact) mass is 603 g/mol. The van der Waals surface area contributed by atoms with E-state index in [2.05, 4.69) is 15.6 Å². The molecule has 12 heteroatoms. The van der Waals surface area contributed by atoms with Gasteiger partial charge in [0.25, 0.3) is 11.8 Å². The highest BCUT2D eigenvalue weighted by Crippen LogP contribution is 2.38. The molecule has 1 unspecified atom stereocenters. The Morgan fingerprint density at radius 2 is 1.89 bits per heavy atom. The minimum absolute atomic E-state index is 0.00905. The number of piperidine rings is 1. The maximum atomic E-state index is 13.2. The zero-order chi connectivity index (χ0) is 31.2. The Labute approximate surface area is 255 Å². The van der Waals surface area contributed by atoms with Crippen LogP contribution in [0.4, 0.5) is 17.1 Å². The topological polar surface area (TPSA) is 144 Å². The van der Waals surface area contributed by atoms with E-state index in [1.165, 1.54) is 14.2 Å². The van der Waals surface area contributed by atoms with E-state index >= 15 is 0 Å². The number of esters is 1. The van der Waals surface area contributed by atoms with Crippen molar-refractivity contribution in [1.82, 2.24) is 9.47 Å². The Morgan fingerprint density at radius 1 is 1.09 bits per heavy atom. The number of aromatic nitrogens is 1. The molecule has 2 aliphatic heterocycles. The highest BCUT2D eigenvalue weighted by atomic mass is 16.5. The van der Waals surface area contributed by atoms with E-state index in [9.17, 15) is 19.5 Å². The third-order valence-corrected chi connectivity index (χ3v) is 7.72. The largest absolute Gasteiger partial charge is 0.493 e. The van der Waals surface area contributed by atoms with E-state index in [1.807, 2.05) is 11.1 Å². The Balaban J connectivity index is 1.13. The van der Waals surface area contributed by atoms with Crippen molar-refractivity contribution in [2.45, 2.75) is 44.4 Å². The number of carbonyl (C=O) groups excluding carboxylic acids is 3. The number of aliphatic hydroxyl groups excluding tert-OH is 1. The van der Waals surface area contributed by atoms with Gasteiger partial charge in [0.15, 0.2) is 11.5 Å². The lowest BCUT2D eigenvalue weighted by atomic mass is 10.0. The molecule has 1 fully saturated rings. The predicted octanol–water partition coefficient (Wildman–Crippen LogP) is 4.37. The lowest BCUT2D eigenvalue weighted by Crippen LogP contribution is -2.43. The molecule has 0 aliphatic carbocycles. The smallest absolute Gasteiger partial charge is 0.337 e. The van der Waals surface area contributed by atoms with Crippen molar-refractivity contribution in [3.05, 3.63) is 65.5 Å². The quantitative estimate of drug-likeness (QED) is 0.167. The second-order valence-corrected chi connectivity index (χ2v) is 10.8. The van der Waals surface area contributed by atoms with Gasteiger partial charge in [0.2, 0.25) is 0 Å². The number of rotatable bonds is 11. The van der Waals surface area contributed by atoms with E-state index in [0.717, 1.165) is 25.8 Å². The van der Waals surface area contributed by atoms with Gasteiger partial charge in [-0.15, -0.1) is 0 Å². The van der Waals surface area contributed by atoms with Gasteiger partial charge in [0, 0.05) is 37.8 Å². The van der Waals surface area contributed by atoms with Crippen LogP contribution in [0.1, 0.15) is 63.3 Å². The molecule has 2 aliphatic rings. The Hall–Kier alpha value is -4.84. The number of anilines is 2. The zero-order valence-electron chi connectivity index (χ0n) is 25.0. The van der Waals surface area contributed by atoms with Gasteiger partial charge in [-0.05, 0) is 68.5 Å². The number of carbonyl (C=O) groups is 3. The van der Waals surface area contributed by atoms with Crippen LogP contribution in [0.2, 0.25) is 0 Å². The molecule has 0 radical (unpaired) electrons. The second-order valence-electron chi connectivity index (χ2n) is 10.8. The number of aliphatic hydroxyl groups is 1. The summed E-state index contributed by atoms with van der Waals surface area (Å²) in [5, 5.41) is 16.4. The summed E-state index contributed by atoms with van der Waals surface area (Å²) in [5.74, 6) is 0.0963. The number of aryl methyl sites for hydroxylation is 1. The van der Waals surface area contributed by atoms with Crippen LogP contribution in [0.3, 0.4) is 0 Å². The summed E-state index contributed by atoms with van der Waals surface area (Å²) in [5.41, 5.74) is 2.93. The molecule has 1 aromatic heterocycles. The molecule has 2 amide bonds. The average Bonchev–Trinajstić information content (AvgIpc) is 3.34. The fourth-order valence-corrected chi connectivity index (χ4v) is 5.38. The molecule has 0 saturated carbocycles. The van der Waals surface area contributed by atoms with E-state index < -0.39 is 12.2 Å². The summed E-state index contributed by atoms with van der Waals surface area (Å²) in [4.78, 5) is 44.1. The van der Waals surface area contributed by atoms with Crippen molar-refractivity contribution in [2.75, 3.05) is 38.0 Å². The van der Waals surface area contributed by atoms with Crippen molar-refractivity contribution < 1.29 is 33.7 Å². The summed E-state index contributed by atoms with van der Waals surface area (Å²) < 4.78 is 17.8. The second kappa shape index (κ2) is 13.6. The molecule has 2 aromatic carbocycles. The molecule has 3 N–H and O–H groups in total. The molecular weight excluding hydrogens is 566 g/mol. The van der Waals surface area contributed by atoms with Crippen LogP contribution in [-0.2, 0) is 11.8 Å².